The lowest BCUT2D eigenvalue weighted by Gasteiger charge is -2.10. The number of carbonyl (C=O) groups is 1. The van der Waals surface area contributed by atoms with Gasteiger partial charge in [0.2, 0.25) is 0 Å². The van der Waals surface area contributed by atoms with Gasteiger partial charge in [-0.2, -0.15) is 0 Å². The topological polar surface area (TPSA) is 90.1 Å². The van der Waals surface area contributed by atoms with Crippen LogP contribution in [0.25, 0.3) is 6.08 Å². The van der Waals surface area contributed by atoms with Crippen molar-refractivity contribution in [3.05, 3.63) is 24.2 Å². The normalized spacial score (nSPS) is 12.4. The highest BCUT2D eigenvalue weighted by Gasteiger charge is 2.00. The molecule has 1 aromatic heterocycles. The van der Waals surface area contributed by atoms with E-state index in [1.807, 2.05) is 6.92 Å². The number of carbonyl (C=O) groups excluding carboxylic acids is 1. The summed E-state index contributed by atoms with van der Waals surface area (Å²) >= 11 is 0. The predicted molar refractivity (Wildman–Crippen MR) is 65.2 cm³/mol. The Morgan fingerprint density at radius 1 is 1.59 bits per heavy atom. The van der Waals surface area contributed by atoms with Gasteiger partial charge in [0.15, 0.2) is 0 Å². The summed E-state index contributed by atoms with van der Waals surface area (Å²) < 4.78 is 4.46. The molecular weight excluding hydrogens is 220 g/mol. The minimum Gasteiger partial charge on any atom is -0.466 e. The van der Waals surface area contributed by atoms with Crippen LogP contribution in [-0.2, 0) is 9.53 Å². The van der Waals surface area contributed by atoms with Crippen LogP contribution >= 0.6 is 0 Å². The summed E-state index contributed by atoms with van der Waals surface area (Å²) in [7, 11) is 1.32. The molecule has 3 N–H and O–H groups in total. The molecule has 0 aliphatic heterocycles. The molecule has 1 heterocycles. The summed E-state index contributed by atoms with van der Waals surface area (Å²) in [5, 5.41) is 3.08. The molecule has 0 amide bonds. The van der Waals surface area contributed by atoms with Crippen molar-refractivity contribution < 1.29 is 9.53 Å². The number of aromatic nitrogens is 2. The summed E-state index contributed by atoms with van der Waals surface area (Å²) in [5.41, 5.74) is 6.06. The number of nitrogens with two attached hydrogens (primary N) is 1. The van der Waals surface area contributed by atoms with E-state index in [0.29, 0.717) is 18.1 Å². The molecule has 0 radical (unpaired) electrons. The zero-order valence-electron chi connectivity index (χ0n) is 9.88. The van der Waals surface area contributed by atoms with E-state index in [1.165, 1.54) is 19.3 Å². The first kappa shape index (κ1) is 13.1. The fraction of sp³-hybridized carbons (Fsp3) is 0.364. The Labute approximate surface area is 99.9 Å². The number of rotatable bonds is 5. The predicted octanol–water partition coefficient (Wildman–Crippen LogP) is 0.422. The van der Waals surface area contributed by atoms with Crippen LogP contribution in [0, 0.1) is 0 Å². The molecule has 1 rings (SSSR count). The van der Waals surface area contributed by atoms with E-state index in [-0.39, 0.29) is 6.04 Å². The molecule has 0 unspecified atom stereocenters. The molecule has 92 valence electrons. The Kier molecular flexibility index (Phi) is 5.09. The zero-order chi connectivity index (χ0) is 12.7. The lowest BCUT2D eigenvalue weighted by atomic mass is 10.3. The van der Waals surface area contributed by atoms with Crippen molar-refractivity contribution in [3.8, 4) is 0 Å². The molecule has 6 heteroatoms. The van der Waals surface area contributed by atoms with Gasteiger partial charge >= 0.3 is 5.97 Å². The van der Waals surface area contributed by atoms with Gasteiger partial charge < -0.3 is 15.8 Å². The van der Waals surface area contributed by atoms with Crippen molar-refractivity contribution in [2.45, 2.75) is 13.0 Å². The van der Waals surface area contributed by atoms with Crippen molar-refractivity contribution in [1.29, 1.82) is 0 Å². The van der Waals surface area contributed by atoms with Gasteiger partial charge in [0.05, 0.1) is 25.2 Å². The molecule has 0 bridgehead atoms. The molecule has 0 aliphatic rings. The average Bonchev–Trinajstić information content (AvgIpc) is 2.37. The molecule has 0 saturated heterocycles. The highest BCUT2D eigenvalue weighted by Crippen LogP contribution is 2.04. The van der Waals surface area contributed by atoms with Gasteiger partial charge in [-0.05, 0) is 13.0 Å². The van der Waals surface area contributed by atoms with E-state index in [4.69, 9.17) is 5.73 Å². The first-order chi connectivity index (χ1) is 8.15. The van der Waals surface area contributed by atoms with Crippen LogP contribution in [-0.4, -0.2) is 35.6 Å². The largest absolute Gasteiger partial charge is 0.466 e. The highest BCUT2D eigenvalue weighted by atomic mass is 16.5. The SMILES string of the molecule is COC(=O)C=Cc1cnc(N[C@H](C)CN)cn1. The summed E-state index contributed by atoms with van der Waals surface area (Å²) in [6.45, 7) is 2.47. The van der Waals surface area contributed by atoms with E-state index in [0.717, 1.165) is 0 Å². The minimum absolute atomic E-state index is 0.140. The molecule has 0 aliphatic carbocycles. The fourth-order valence-electron chi connectivity index (χ4n) is 1.03. The number of hydrogen-bond acceptors (Lipinski definition) is 6. The molecular formula is C11H16N4O2. The fourth-order valence-corrected chi connectivity index (χ4v) is 1.03. The molecule has 0 spiro atoms. The summed E-state index contributed by atoms with van der Waals surface area (Å²) in [5.74, 6) is 0.226. The zero-order valence-corrected chi connectivity index (χ0v) is 9.88. The van der Waals surface area contributed by atoms with Gasteiger partial charge in [0.1, 0.15) is 5.82 Å². The molecule has 6 nitrogen and oxygen atoms in total. The second-order valence-electron chi connectivity index (χ2n) is 3.46. The van der Waals surface area contributed by atoms with Crippen LogP contribution in [0.1, 0.15) is 12.6 Å². The maximum absolute atomic E-state index is 10.9. The standard InChI is InChI=1S/C11H16N4O2/c1-8(5-12)15-10-7-13-9(6-14-10)3-4-11(16)17-2/h3-4,6-8H,5,12H2,1-2H3,(H,14,15)/t8-/m1/s1. The Morgan fingerprint density at radius 3 is 2.88 bits per heavy atom. The van der Waals surface area contributed by atoms with Gasteiger partial charge in [0.25, 0.3) is 0 Å². The van der Waals surface area contributed by atoms with Gasteiger partial charge in [-0.3, -0.25) is 4.98 Å². The first-order valence-electron chi connectivity index (χ1n) is 5.20. The number of methoxy groups -OCH3 is 1. The van der Waals surface area contributed by atoms with Gasteiger partial charge in [-0.15, -0.1) is 0 Å². The number of ether oxygens (including phenoxy) is 1. The van der Waals surface area contributed by atoms with Crippen molar-refractivity contribution in [3.63, 3.8) is 0 Å². The smallest absolute Gasteiger partial charge is 0.330 e. The quantitative estimate of drug-likeness (QED) is 0.569. The van der Waals surface area contributed by atoms with Crippen molar-refractivity contribution in [2.24, 2.45) is 5.73 Å². The summed E-state index contributed by atoms with van der Waals surface area (Å²) in [6, 6.07) is 0.140. The van der Waals surface area contributed by atoms with Crippen LogP contribution in [0.15, 0.2) is 18.5 Å². The Balaban J connectivity index is 2.62. The van der Waals surface area contributed by atoms with Gasteiger partial charge in [-0.1, -0.05) is 0 Å². The van der Waals surface area contributed by atoms with Crippen LogP contribution in [0.2, 0.25) is 0 Å². The lowest BCUT2D eigenvalue weighted by Crippen LogP contribution is -2.25. The van der Waals surface area contributed by atoms with Crippen LogP contribution in [0.4, 0.5) is 5.82 Å². The number of nitrogens with zero attached hydrogens (tertiary/aromatic N) is 2. The van der Waals surface area contributed by atoms with Crippen LogP contribution in [0.5, 0.6) is 0 Å². The Bertz CT molecular complexity index is 389. The van der Waals surface area contributed by atoms with Crippen LogP contribution in [0.3, 0.4) is 0 Å². The van der Waals surface area contributed by atoms with E-state index in [9.17, 15) is 4.79 Å². The first-order valence-corrected chi connectivity index (χ1v) is 5.20. The van der Waals surface area contributed by atoms with Gasteiger partial charge in [0, 0.05) is 18.7 Å². The second kappa shape index (κ2) is 6.59. The van der Waals surface area contributed by atoms with Crippen molar-refractivity contribution >= 4 is 17.9 Å². The average molecular weight is 236 g/mol. The minimum atomic E-state index is -0.425. The molecule has 0 saturated carbocycles. The molecule has 0 fully saturated rings. The maximum Gasteiger partial charge on any atom is 0.330 e. The lowest BCUT2D eigenvalue weighted by molar-refractivity contribution is -0.134. The Hall–Kier alpha value is -1.95. The third-order valence-corrected chi connectivity index (χ3v) is 2.01. The second-order valence-corrected chi connectivity index (χ2v) is 3.46. The summed E-state index contributed by atoms with van der Waals surface area (Å²) in [4.78, 5) is 19.1. The van der Waals surface area contributed by atoms with Crippen molar-refractivity contribution in [2.75, 3.05) is 19.0 Å². The number of nitrogens with one attached hydrogen (secondary N) is 1. The molecule has 1 atom stereocenters. The highest BCUT2D eigenvalue weighted by molar-refractivity contribution is 5.86. The Morgan fingerprint density at radius 2 is 2.35 bits per heavy atom. The third-order valence-electron chi connectivity index (χ3n) is 2.01. The molecule has 17 heavy (non-hydrogen) atoms. The number of anilines is 1. The van der Waals surface area contributed by atoms with Crippen molar-refractivity contribution in [1.82, 2.24) is 9.97 Å². The number of hydrogen-bond donors (Lipinski definition) is 2. The van der Waals surface area contributed by atoms with E-state index < -0.39 is 5.97 Å². The van der Waals surface area contributed by atoms with E-state index >= 15 is 0 Å². The molecule has 0 aromatic carbocycles. The monoisotopic (exact) mass is 236 g/mol. The third kappa shape index (κ3) is 4.60. The van der Waals surface area contributed by atoms with E-state index in [1.54, 1.807) is 12.4 Å². The maximum atomic E-state index is 10.9. The molecule has 1 aromatic rings. The summed E-state index contributed by atoms with van der Waals surface area (Å²) in [6.07, 6.45) is 5.97. The van der Waals surface area contributed by atoms with Crippen LogP contribution < -0.4 is 11.1 Å². The van der Waals surface area contributed by atoms with E-state index in [2.05, 4.69) is 20.0 Å². The van der Waals surface area contributed by atoms with Gasteiger partial charge in [-0.25, -0.2) is 9.78 Å². The number of esters is 1.